The van der Waals surface area contributed by atoms with E-state index in [4.69, 9.17) is 0 Å². The Balaban J connectivity index is 1.65. The SMILES string of the molecule is CS(=O)(=O)Cc1nc2ccccc2n1Cc1csc(-c2ccc(C(F)(F)F)cc2)n1. The molecule has 0 amide bonds. The molecule has 0 aliphatic carbocycles. The number of imidazole rings is 1. The highest BCUT2D eigenvalue weighted by Crippen LogP contribution is 2.32. The first kappa shape index (κ1) is 20.5. The Morgan fingerprint density at radius 1 is 1.03 bits per heavy atom. The first-order valence-electron chi connectivity index (χ1n) is 8.84. The maximum atomic E-state index is 12.8. The van der Waals surface area contributed by atoms with Gasteiger partial charge in [-0.3, -0.25) is 0 Å². The average molecular weight is 451 g/mol. The fourth-order valence-corrected chi connectivity index (χ4v) is 4.63. The van der Waals surface area contributed by atoms with Crippen molar-refractivity contribution >= 4 is 32.2 Å². The quantitative estimate of drug-likeness (QED) is 0.438. The lowest BCUT2D eigenvalue weighted by Gasteiger charge is -2.07. The second kappa shape index (κ2) is 7.51. The molecule has 0 unspecified atom stereocenters. The highest BCUT2D eigenvalue weighted by Gasteiger charge is 2.30. The first-order chi connectivity index (χ1) is 14.1. The van der Waals surface area contributed by atoms with Crippen molar-refractivity contribution in [1.29, 1.82) is 0 Å². The molecule has 0 saturated heterocycles. The van der Waals surface area contributed by atoms with Gasteiger partial charge in [0.2, 0.25) is 0 Å². The van der Waals surface area contributed by atoms with Crippen molar-refractivity contribution in [2.75, 3.05) is 6.26 Å². The van der Waals surface area contributed by atoms with Gasteiger partial charge in [-0.25, -0.2) is 18.4 Å². The fourth-order valence-electron chi connectivity index (χ4n) is 3.12. The molecule has 0 aliphatic heterocycles. The monoisotopic (exact) mass is 451 g/mol. The number of halogens is 3. The van der Waals surface area contributed by atoms with Gasteiger partial charge < -0.3 is 4.57 Å². The van der Waals surface area contributed by atoms with E-state index in [0.717, 1.165) is 23.9 Å². The summed E-state index contributed by atoms with van der Waals surface area (Å²) in [5.74, 6) is 0.222. The maximum absolute atomic E-state index is 12.8. The molecule has 2 aromatic heterocycles. The van der Waals surface area contributed by atoms with E-state index in [1.807, 2.05) is 34.2 Å². The Morgan fingerprint density at radius 3 is 2.40 bits per heavy atom. The largest absolute Gasteiger partial charge is 0.416 e. The summed E-state index contributed by atoms with van der Waals surface area (Å²) in [6.45, 7) is 0.308. The van der Waals surface area contributed by atoms with Crippen molar-refractivity contribution in [2.24, 2.45) is 0 Å². The van der Waals surface area contributed by atoms with Gasteiger partial charge in [-0.1, -0.05) is 24.3 Å². The maximum Gasteiger partial charge on any atom is 0.416 e. The molecule has 0 bridgehead atoms. The van der Waals surface area contributed by atoms with Gasteiger partial charge in [0, 0.05) is 17.2 Å². The van der Waals surface area contributed by atoms with E-state index in [-0.39, 0.29) is 5.75 Å². The highest BCUT2D eigenvalue weighted by atomic mass is 32.2. The van der Waals surface area contributed by atoms with Crippen molar-refractivity contribution in [3.8, 4) is 10.6 Å². The summed E-state index contributed by atoms with van der Waals surface area (Å²) in [5.41, 5.74) is 2.03. The van der Waals surface area contributed by atoms with Crippen LogP contribution in [0.4, 0.5) is 13.2 Å². The van der Waals surface area contributed by atoms with E-state index in [1.54, 1.807) is 0 Å². The molecular weight excluding hydrogens is 435 g/mol. The van der Waals surface area contributed by atoms with Crippen LogP contribution in [-0.2, 0) is 28.3 Å². The van der Waals surface area contributed by atoms with Crippen LogP contribution in [0.2, 0.25) is 0 Å². The Kier molecular flexibility index (Phi) is 5.15. The van der Waals surface area contributed by atoms with E-state index in [9.17, 15) is 21.6 Å². The lowest BCUT2D eigenvalue weighted by atomic mass is 10.1. The molecule has 0 saturated carbocycles. The summed E-state index contributed by atoms with van der Waals surface area (Å²) in [4.78, 5) is 8.98. The van der Waals surface area contributed by atoms with Crippen LogP contribution in [0.15, 0.2) is 53.9 Å². The number of rotatable bonds is 5. The van der Waals surface area contributed by atoms with Crippen LogP contribution in [0.25, 0.3) is 21.6 Å². The van der Waals surface area contributed by atoms with Gasteiger partial charge in [0.1, 0.15) is 16.6 Å². The third-order valence-corrected chi connectivity index (χ3v) is 6.18. The molecular formula is C20H16F3N3O2S2. The van der Waals surface area contributed by atoms with E-state index < -0.39 is 21.6 Å². The zero-order valence-electron chi connectivity index (χ0n) is 15.7. The number of fused-ring (bicyclic) bond motifs is 1. The number of nitrogens with zero attached hydrogens (tertiary/aromatic N) is 3. The summed E-state index contributed by atoms with van der Waals surface area (Å²) in [6, 6.07) is 12.2. The van der Waals surface area contributed by atoms with Crippen LogP contribution >= 0.6 is 11.3 Å². The molecule has 0 N–H and O–H groups in total. The van der Waals surface area contributed by atoms with Crippen LogP contribution in [0, 0.1) is 0 Å². The Bertz CT molecular complexity index is 1310. The minimum absolute atomic E-state index is 0.197. The van der Waals surface area contributed by atoms with E-state index in [0.29, 0.717) is 34.2 Å². The third kappa shape index (κ3) is 4.39. The zero-order chi connectivity index (χ0) is 21.5. The predicted molar refractivity (Wildman–Crippen MR) is 110 cm³/mol. The van der Waals surface area contributed by atoms with Gasteiger partial charge in [-0.15, -0.1) is 11.3 Å². The Labute approximate surface area is 174 Å². The zero-order valence-corrected chi connectivity index (χ0v) is 17.4. The van der Waals surface area contributed by atoms with Crippen LogP contribution < -0.4 is 0 Å². The summed E-state index contributed by atoms with van der Waals surface area (Å²) in [5, 5.41) is 2.40. The number of benzene rings is 2. The van der Waals surface area contributed by atoms with E-state index in [1.165, 1.54) is 23.5 Å². The van der Waals surface area contributed by atoms with Gasteiger partial charge in [-0.2, -0.15) is 13.2 Å². The first-order valence-corrected chi connectivity index (χ1v) is 11.8. The van der Waals surface area contributed by atoms with Gasteiger partial charge in [0.15, 0.2) is 9.84 Å². The van der Waals surface area contributed by atoms with E-state index in [2.05, 4.69) is 9.97 Å². The summed E-state index contributed by atoms with van der Waals surface area (Å²) in [7, 11) is -3.29. The van der Waals surface area contributed by atoms with Crippen molar-refractivity contribution in [2.45, 2.75) is 18.5 Å². The molecule has 4 aromatic rings. The minimum Gasteiger partial charge on any atom is -0.321 e. The molecule has 0 radical (unpaired) electrons. The van der Waals surface area contributed by atoms with Crippen LogP contribution in [0.3, 0.4) is 0 Å². The van der Waals surface area contributed by atoms with E-state index >= 15 is 0 Å². The summed E-state index contributed by atoms with van der Waals surface area (Å²) in [6.07, 6.45) is -3.23. The standard InChI is InChI=1S/C20H16F3N3O2S2/c1-30(27,28)12-18-25-16-4-2-3-5-17(16)26(18)10-15-11-29-19(24-15)13-6-8-14(9-7-13)20(21,22)23/h2-9,11H,10,12H2,1H3. The number of hydrogen-bond acceptors (Lipinski definition) is 5. The van der Waals surface area contributed by atoms with Crippen molar-refractivity contribution in [3.63, 3.8) is 0 Å². The second-order valence-corrected chi connectivity index (χ2v) is 9.89. The molecule has 5 nitrogen and oxygen atoms in total. The smallest absolute Gasteiger partial charge is 0.321 e. The molecule has 30 heavy (non-hydrogen) atoms. The van der Waals surface area contributed by atoms with Crippen molar-refractivity contribution in [3.05, 3.63) is 71.0 Å². The number of thiazole rings is 1. The second-order valence-electron chi connectivity index (χ2n) is 6.89. The van der Waals surface area contributed by atoms with Gasteiger partial charge >= 0.3 is 6.18 Å². The molecule has 10 heteroatoms. The molecule has 2 heterocycles. The molecule has 0 atom stereocenters. The molecule has 0 aliphatic rings. The number of sulfone groups is 1. The molecule has 4 rings (SSSR count). The number of alkyl halides is 3. The Hall–Kier alpha value is -2.72. The molecule has 2 aromatic carbocycles. The third-order valence-electron chi connectivity index (χ3n) is 4.46. The van der Waals surface area contributed by atoms with Crippen LogP contribution in [0.1, 0.15) is 17.1 Å². The Morgan fingerprint density at radius 2 is 1.73 bits per heavy atom. The van der Waals surface area contributed by atoms with Crippen molar-refractivity contribution in [1.82, 2.24) is 14.5 Å². The molecule has 0 fully saturated rings. The fraction of sp³-hybridized carbons (Fsp3) is 0.200. The lowest BCUT2D eigenvalue weighted by Crippen LogP contribution is -2.10. The van der Waals surface area contributed by atoms with Crippen molar-refractivity contribution < 1.29 is 21.6 Å². The number of para-hydroxylation sites is 2. The average Bonchev–Trinajstić information content (AvgIpc) is 3.26. The highest BCUT2D eigenvalue weighted by molar-refractivity contribution is 7.89. The number of aromatic nitrogens is 3. The van der Waals surface area contributed by atoms with Crippen LogP contribution in [-0.4, -0.2) is 29.2 Å². The van der Waals surface area contributed by atoms with Gasteiger partial charge in [-0.05, 0) is 24.3 Å². The van der Waals surface area contributed by atoms with Gasteiger partial charge in [0.25, 0.3) is 0 Å². The molecule has 0 spiro atoms. The molecule has 156 valence electrons. The van der Waals surface area contributed by atoms with Gasteiger partial charge in [0.05, 0.1) is 28.8 Å². The topological polar surface area (TPSA) is 64.8 Å². The minimum atomic E-state index is -4.38. The van der Waals surface area contributed by atoms with Crippen LogP contribution in [0.5, 0.6) is 0 Å². The predicted octanol–water partition coefficient (Wildman–Crippen LogP) is 4.77. The lowest BCUT2D eigenvalue weighted by molar-refractivity contribution is -0.137. The normalized spacial score (nSPS) is 12.5. The summed E-state index contributed by atoms with van der Waals surface area (Å²) >= 11 is 1.32. The summed E-state index contributed by atoms with van der Waals surface area (Å²) < 4.78 is 63.7. The number of hydrogen-bond donors (Lipinski definition) is 0.